The number of aromatic nitrogens is 1. The third-order valence-electron chi connectivity index (χ3n) is 11.2. The van der Waals surface area contributed by atoms with Gasteiger partial charge in [0, 0.05) is 44.3 Å². The van der Waals surface area contributed by atoms with Crippen LogP contribution in [0.4, 0.5) is 17.1 Å². The average molecular weight is 729 g/mol. The van der Waals surface area contributed by atoms with Crippen LogP contribution < -0.4 is 4.90 Å². The SMILES string of the molecule is c1ccc(-c2cccc(N(c3ccc(-c4ccc(-n5c6ccccc6c6ccccc65)cc4)cc3)c3ccc(-c4cccc5oc6ccccc6c45)cc3)c2)cc1. The van der Waals surface area contributed by atoms with Crippen molar-refractivity contribution in [3.05, 3.63) is 218 Å². The quantitative estimate of drug-likeness (QED) is 0.163. The van der Waals surface area contributed by atoms with Crippen LogP contribution in [-0.2, 0) is 0 Å². The Balaban J connectivity index is 0.966. The summed E-state index contributed by atoms with van der Waals surface area (Å²) < 4.78 is 8.59. The van der Waals surface area contributed by atoms with Crippen LogP contribution in [0.1, 0.15) is 0 Å². The molecule has 9 aromatic carbocycles. The smallest absolute Gasteiger partial charge is 0.136 e. The maximum absolute atomic E-state index is 6.23. The highest BCUT2D eigenvalue weighted by Gasteiger charge is 2.17. The summed E-state index contributed by atoms with van der Waals surface area (Å²) >= 11 is 0. The van der Waals surface area contributed by atoms with Crippen LogP contribution in [-0.4, -0.2) is 4.57 Å². The first-order valence-corrected chi connectivity index (χ1v) is 19.4. The van der Waals surface area contributed by atoms with Crippen molar-refractivity contribution in [3.8, 4) is 39.1 Å². The Labute approximate surface area is 330 Å². The minimum atomic E-state index is 0.901. The molecule has 0 radical (unpaired) electrons. The largest absolute Gasteiger partial charge is 0.456 e. The van der Waals surface area contributed by atoms with Crippen LogP contribution in [0.2, 0.25) is 0 Å². The van der Waals surface area contributed by atoms with Gasteiger partial charge in [-0.15, -0.1) is 0 Å². The molecule has 2 heterocycles. The lowest BCUT2D eigenvalue weighted by Crippen LogP contribution is -2.10. The molecule has 0 bridgehead atoms. The van der Waals surface area contributed by atoms with E-state index in [9.17, 15) is 0 Å². The van der Waals surface area contributed by atoms with E-state index in [0.29, 0.717) is 0 Å². The van der Waals surface area contributed by atoms with Crippen molar-refractivity contribution in [2.24, 2.45) is 0 Å². The van der Waals surface area contributed by atoms with Gasteiger partial charge in [0.05, 0.1) is 11.0 Å². The van der Waals surface area contributed by atoms with Gasteiger partial charge in [-0.1, -0.05) is 146 Å². The van der Waals surface area contributed by atoms with E-state index in [4.69, 9.17) is 4.42 Å². The number of rotatable bonds is 7. The van der Waals surface area contributed by atoms with Crippen LogP contribution in [0.25, 0.3) is 82.8 Å². The second-order valence-corrected chi connectivity index (χ2v) is 14.5. The number of nitrogens with zero attached hydrogens (tertiary/aromatic N) is 2. The van der Waals surface area contributed by atoms with Gasteiger partial charge in [0.15, 0.2) is 0 Å². The third-order valence-corrected chi connectivity index (χ3v) is 11.2. The monoisotopic (exact) mass is 728 g/mol. The van der Waals surface area contributed by atoms with Gasteiger partial charge < -0.3 is 13.9 Å². The van der Waals surface area contributed by atoms with Crippen molar-refractivity contribution in [1.29, 1.82) is 0 Å². The maximum atomic E-state index is 6.23. The predicted molar refractivity (Wildman–Crippen MR) is 239 cm³/mol. The Hall–Kier alpha value is -7.62. The summed E-state index contributed by atoms with van der Waals surface area (Å²) in [6, 6.07) is 78.1. The first kappa shape index (κ1) is 32.8. The molecule has 0 saturated heterocycles. The molecule has 3 nitrogen and oxygen atoms in total. The van der Waals surface area contributed by atoms with Crippen LogP contribution >= 0.6 is 0 Å². The van der Waals surface area contributed by atoms with Gasteiger partial charge in [0.2, 0.25) is 0 Å². The van der Waals surface area contributed by atoms with E-state index < -0.39 is 0 Å². The second kappa shape index (κ2) is 13.6. The molecule has 0 aliphatic heterocycles. The average Bonchev–Trinajstić information content (AvgIpc) is 3.84. The first-order chi connectivity index (χ1) is 28.3. The molecule has 11 rings (SSSR count). The van der Waals surface area contributed by atoms with Gasteiger partial charge in [-0.3, -0.25) is 0 Å². The highest BCUT2D eigenvalue weighted by Crippen LogP contribution is 2.41. The predicted octanol–water partition coefficient (Wildman–Crippen LogP) is 15.2. The Morgan fingerprint density at radius 2 is 0.842 bits per heavy atom. The minimum Gasteiger partial charge on any atom is -0.456 e. The molecule has 268 valence electrons. The molecule has 0 N–H and O–H groups in total. The Bertz CT molecular complexity index is 3160. The van der Waals surface area contributed by atoms with Gasteiger partial charge in [0.25, 0.3) is 0 Å². The van der Waals surface area contributed by atoms with Gasteiger partial charge in [-0.2, -0.15) is 0 Å². The summed E-state index contributed by atoms with van der Waals surface area (Å²) in [6.07, 6.45) is 0. The maximum Gasteiger partial charge on any atom is 0.136 e. The van der Waals surface area contributed by atoms with Gasteiger partial charge in [0.1, 0.15) is 11.2 Å². The van der Waals surface area contributed by atoms with Crippen molar-refractivity contribution in [2.75, 3.05) is 4.90 Å². The lowest BCUT2D eigenvalue weighted by Gasteiger charge is -2.26. The Morgan fingerprint density at radius 3 is 1.53 bits per heavy atom. The zero-order valence-corrected chi connectivity index (χ0v) is 31.1. The van der Waals surface area contributed by atoms with E-state index >= 15 is 0 Å². The lowest BCUT2D eigenvalue weighted by atomic mass is 9.99. The zero-order valence-electron chi connectivity index (χ0n) is 31.1. The molecule has 0 aliphatic carbocycles. The molecule has 0 amide bonds. The van der Waals surface area contributed by atoms with Crippen molar-refractivity contribution in [1.82, 2.24) is 4.57 Å². The van der Waals surface area contributed by atoms with E-state index in [1.165, 1.54) is 44.1 Å². The number of para-hydroxylation sites is 3. The molecule has 0 saturated carbocycles. The molecule has 0 atom stereocenters. The third kappa shape index (κ3) is 5.68. The molecule has 0 spiro atoms. The van der Waals surface area contributed by atoms with Crippen molar-refractivity contribution in [3.63, 3.8) is 0 Å². The number of fused-ring (bicyclic) bond motifs is 6. The summed E-state index contributed by atoms with van der Waals surface area (Å²) in [7, 11) is 0. The molecular formula is C54H36N2O. The number of furan rings is 1. The molecular weight excluding hydrogens is 693 g/mol. The summed E-state index contributed by atoms with van der Waals surface area (Å²) in [6.45, 7) is 0. The van der Waals surface area contributed by atoms with Gasteiger partial charge in [-0.25, -0.2) is 0 Å². The molecule has 11 aromatic rings. The fourth-order valence-corrected chi connectivity index (χ4v) is 8.51. The summed E-state index contributed by atoms with van der Waals surface area (Å²) in [5.41, 5.74) is 15.7. The van der Waals surface area contributed by atoms with Crippen molar-refractivity contribution in [2.45, 2.75) is 0 Å². The molecule has 0 unspecified atom stereocenters. The van der Waals surface area contributed by atoms with E-state index in [0.717, 1.165) is 55.8 Å². The van der Waals surface area contributed by atoms with Gasteiger partial charge in [-0.05, 0) is 106 Å². The lowest BCUT2D eigenvalue weighted by molar-refractivity contribution is 0.669. The normalized spacial score (nSPS) is 11.5. The van der Waals surface area contributed by atoms with E-state index in [-0.39, 0.29) is 0 Å². The van der Waals surface area contributed by atoms with E-state index in [1.807, 2.05) is 12.1 Å². The first-order valence-electron chi connectivity index (χ1n) is 19.4. The minimum absolute atomic E-state index is 0.901. The van der Waals surface area contributed by atoms with Crippen LogP contribution in [0.3, 0.4) is 0 Å². The van der Waals surface area contributed by atoms with E-state index in [2.05, 4.69) is 216 Å². The van der Waals surface area contributed by atoms with Crippen molar-refractivity contribution >= 4 is 60.8 Å². The van der Waals surface area contributed by atoms with E-state index in [1.54, 1.807) is 0 Å². The molecule has 0 fully saturated rings. The molecule has 3 heteroatoms. The number of hydrogen-bond acceptors (Lipinski definition) is 2. The molecule has 2 aromatic heterocycles. The molecule has 0 aliphatic rings. The zero-order chi connectivity index (χ0) is 37.7. The Kier molecular flexibility index (Phi) is 7.82. The standard InChI is InChI=1S/C54H36N2O/c1-2-12-37(13-3-1)41-14-10-15-45(36-41)55(43-34-28-40(29-35-43)46-19-11-23-53-54(46)49-18-6-9-22-52(49)57-53)42-30-24-38(25-31-42)39-26-32-44(33-27-39)56-50-20-7-4-16-47(50)48-17-5-8-21-51(48)56/h1-36H. The van der Waals surface area contributed by atoms with Gasteiger partial charge >= 0.3 is 0 Å². The fourth-order valence-electron chi connectivity index (χ4n) is 8.51. The van der Waals surface area contributed by atoms with Crippen LogP contribution in [0.15, 0.2) is 223 Å². The highest BCUT2D eigenvalue weighted by atomic mass is 16.3. The van der Waals surface area contributed by atoms with Crippen LogP contribution in [0.5, 0.6) is 0 Å². The number of hydrogen-bond donors (Lipinski definition) is 0. The fraction of sp³-hybridized carbons (Fsp3) is 0. The number of benzene rings is 9. The Morgan fingerprint density at radius 1 is 0.333 bits per heavy atom. The van der Waals surface area contributed by atoms with Crippen molar-refractivity contribution < 1.29 is 4.42 Å². The molecule has 57 heavy (non-hydrogen) atoms. The topological polar surface area (TPSA) is 21.3 Å². The highest BCUT2D eigenvalue weighted by molar-refractivity contribution is 6.12. The summed E-state index contributed by atoms with van der Waals surface area (Å²) in [4.78, 5) is 2.35. The van der Waals surface area contributed by atoms with Crippen LogP contribution in [0, 0.1) is 0 Å². The summed E-state index contributed by atoms with van der Waals surface area (Å²) in [5, 5.41) is 4.82. The summed E-state index contributed by atoms with van der Waals surface area (Å²) in [5.74, 6) is 0. The number of anilines is 3. The second-order valence-electron chi connectivity index (χ2n) is 14.5.